The summed E-state index contributed by atoms with van der Waals surface area (Å²) in [4.78, 5) is 41.3. The van der Waals surface area contributed by atoms with Crippen LogP contribution in [0.25, 0.3) is 11.3 Å². The number of hydrogen-bond donors (Lipinski definition) is 3. The lowest BCUT2D eigenvalue weighted by molar-refractivity contribution is -0.919. The number of ether oxygens (including phenoxy) is 1. The summed E-state index contributed by atoms with van der Waals surface area (Å²) >= 11 is 12.7. The number of piperazine rings is 1. The normalized spacial score (nSPS) is 19.4. The third kappa shape index (κ3) is 9.75. The Hall–Kier alpha value is -3.51. The maximum atomic E-state index is 11.3. The van der Waals surface area contributed by atoms with Crippen LogP contribution in [0.15, 0.2) is 42.7 Å². The van der Waals surface area contributed by atoms with Crippen molar-refractivity contribution in [3.05, 3.63) is 58.3 Å². The van der Waals surface area contributed by atoms with E-state index in [1.807, 2.05) is 18.2 Å². The number of piperidine rings is 1. The van der Waals surface area contributed by atoms with E-state index in [4.69, 9.17) is 32.9 Å². The lowest BCUT2D eigenvalue weighted by Crippen LogP contribution is -3.15. The van der Waals surface area contributed by atoms with Crippen LogP contribution in [0.5, 0.6) is 11.6 Å². The third-order valence-corrected chi connectivity index (χ3v) is 9.29. The van der Waals surface area contributed by atoms with Crippen LogP contribution in [0.4, 0.5) is 5.95 Å². The maximum absolute atomic E-state index is 11.3. The van der Waals surface area contributed by atoms with Gasteiger partial charge in [-0.05, 0) is 30.2 Å². The smallest absolute Gasteiger partial charge is 0.225 e. The number of quaternary nitrogens is 2. The number of aromatic nitrogens is 3. The average molecular weight is 672 g/mol. The Morgan fingerprint density at radius 3 is 2.33 bits per heavy atom. The van der Waals surface area contributed by atoms with Gasteiger partial charge in [0.15, 0.2) is 5.75 Å². The van der Waals surface area contributed by atoms with Crippen LogP contribution >= 0.6 is 23.2 Å². The number of benzene rings is 1. The van der Waals surface area contributed by atoms with Crippen molar-refractivity contribution in [2.24, 2.45) is 11.8 Å². The van der Waals surface area contributed by atoms with Crippen LogP contribution in [0.1, 0.15) is 38.7 Å². The number of carboxylic acids is 1. The van der Waals surface area contributed by atoms with Crippen molar-refractivity contribution in [1.29, 1.82) is 0 Å². The molecule has 1 aromatic carbocycles. The molecule has 1 amide bonds. The highest BCUT2D eigenvalue weighted by Crippen LogP contribution is 2.30. The van der Waals surface area contributed by atoms with E-state index in [1.54, 1.807) is 32.3 Å². The summed E-state index contributed by atoms with van der Waals surface area (Å²) < 4.78 is 6.21. The van der Waals surface area contributed by atoms with Crippen molar-refractivity contribution in [1.82, 2.24) is 20.3 Å². The lowest BCUT2D eigenvalue weighted by atomic mass is 9.96. The van der Waals surface area contributed by atoms with E-state index in [-0.39, 0.29) is 5.91 Å². The zero-order chi connectivity index (χ0) is 32.6. The van der Waals surface area contributed by atoms with Crippen LogP contribution in [0, 0.1) is 11.8 Å². The average Bonchev–Trinajstić information content (AvgIpc) is 3.03. The van der Waals surface area contributed by atoms with Crippen LogP contribution < -0.4 is 29.9 Å². The fourth-order valence-corrected chi connectivity index (χ4v) is 6.59. The molecule has 3 N–H and O–H groups in total. The Kier molecular flexibility index (Phi) is 11.7. The minimum Gasteiger partial charge on any atom is -0.550 e. The van der Waals surface area contributed by atoms with Gasteiger partial charge in [0.2, 0.25) is 17.7 Å². The Labute approximate surface area is 279 Å². The van der Waals surface area contributed by atoms with Crippen LogP contribution in [0.2, 0.25) is 10.0 Å². The highest BCUT2D eigenvalue weighted by molar-refractivity contribution is 6.35. The molecule has 4 heterocycles. The second-order valence-electron chi connectivity index (χ2n) is 12.5. The molecule has 2 aromatic heterocycles. The predicted octanol–water partition coefficient (Wildman–Crippen LogP) is 1.05. The van der Waals surface area contributed by atoms with E-state index in [0.717, 1.165) is 82.9 Å². The summed E-state index contributed by atoms with van der Waals surface area (Å²) in [7, 11) is 0. The summed E-state index contributed by atoms with van der Waals surface area (Å²) in [5.74, 6) is 0.655. The van der Waals surface area contributed by atoms with Gasteiger partial charge in [-0.3, -0.25) is 4.79 Å². The molecule has 246 valence electrons. The molecule has 0 bridgehead atoms. The van der Waals surface area contributed by atoms with Crippen molar-refractivity contribution >= 4 is 41.0 Å². The number of anilines is 1. The summed E-state index contributed by atoms with van der Waals surface area (Å²) in [5, 5.41) is 15.0. The van der Waals surface area contributed by atoms with Gasteiger partial charge < -0.3 is 34.7 Å². The zero-order valence-electron chi connectivity index (χ0n) is 26.4. The fraction of sp³-hybridized carbons (Fsp3) is 0.485. The van der Waals surface area contributed by atoms with E-state index in [9.17, 15) is 14.7 Å². The largest absolute Gasteiger partial charge is 0.550 e. The van der Waals surface area contributed by atoms with Crippen LogP contribution in [0.3, 0.4) is 0 Å². The number of halogens is 2. The number of hydrogen-bond acceptors (Lipinski definition) is 8. The molecule has 11 nitrogen and oxygen atoms in total. The van der Waals surface area contributed by atoms with Gasteiger partial charge in [0, 0.05) is 71.9 Å². The molecule has 2 fully saturated rings. The summed E-state index contributed by atoms with van der Waals surface area (Å²) in [5.41, 5.74) is 2.59. The number of nitrogens with zero attached hydrogens (tertiary/aromatic N) is 4. The highest BCUT2D eigenvalue weighted by Gasteiger charge is 2.24. The first-order chi connectivity index (χ1) is 22.1. The van der Waals surface area contributed by atoms with E-state index in [0.29, 0.717) is 45.7 Å². The van der Waals surface area contributed by atoms with Crippen molar-refractivity contribution in [2.75, 3.05) is 57.3 Å². The Morgan fingerprint density at radius 1 is 1.02 bits per heavy atom. The van der Waals surface area contributed by atoms with Crippen molar-refractivity contribution in [3.63, 3.8) is 0 Å². The minimum absolute atomic E-state index is 0.0197. The number of carbonyl (C=O) groups excluding carboxylic acids is 2. The Balaban J connectivity index is 1.24. The second kappa shape index (κ2) is 15.9. The molecular weight excluding hydrogens is 629 g/mol. The number of carbonyl (C=O) groups is 2. The fourth-order valence-electron chi connectivity index (χ4n) is 6.06. The molecule has 3 aromatic rings. The summed E-state index contributed by atoms with van der Waals surface area (Å²) in [6, 6.07) is 9.40. The quantitative estimate of drug-likeness (QED) is 0.261. The van der Waals surface area contributed by atoms with Gasteiger partial charge in [0.25, 0.3) is 0 Å². The predicted molar refractivity (Wildman–Crippen MR) is 174 cm³/mol. The lowest BCUT2D eigenvalue weighted by Gasteiger charge is -2.32. The number of aliphatic carboxylic acids is 1. The molecule has 0 unspecified atom stereocenters. The van der Waals surface area contributed by atoms with Crippen molar-refractivity contribution < 1.29 is 29.2 Å². The summed E-state index contributed by atoms with van der Waals surface area (Å²) in [6.07, 6.45) is 6.06. The molecule has 2 aliphatic rings. The van der Waals surface area contributed by atoms with Gasteiger partial charge in [-0.25, -0.2) is 15.0 Å². The standard InChI is InChI=1S/C33H41Cl2N7O4/c1-22(32(44)45)3-6-40-9-11-42(12-10-40)33-37-19-29(20-38-33)46-31-14-25(13-30(39-31)26-15-27(34)17-28(35)16-26)21-41-7-4-24(5-8-41)18-36-23(2)43/h13-17,19-20,22,24H,3-12,18,21H2,1-2H3,(H,36,43)(H,44,45)/p+1/t22-/m1/s1. The molecule has 0 saturated carbocycles. The monoisotopic (exact) mass is 670 g/mol. The first kappa shape index (κ1) is 33.8. The molecule has 46 heavy (non-hydrogen) atoms. The molecule has 1 atom stereocenters. The van der Waals surface area contributed by atoms with Crippen molar-refractivity contribution in [3.8, 4) is 22.9 Å². The van der Waals surface area contributed by atoms with Gasteiger partial charge in [-0.2, -0.15) is 0 Å². The molecular formula is C33H42Cl2N7O4+. The SMILES string of the molecule is CC(=O)NCC1CC[NH+](Cc2cc(Oc3cnc(N4CC[NH+](CC[C@@H](C)C(=O)[O-])CC4)nc3)nc(-c3cc(Cl)cc(Cl)c3)c2)CC1. The van der Waals surface area contributed by atoms with E-state index < -0.39 is 11.9 Å². The highest BCUT2D eigenvalue weighted by atomic mass is 35.5. The van der Waals surface area contributed by atoms with Crippen LogP contribution in [-0.4, -0.2) is 79.2 Å². The van der Waals surface area contributed by atoms with Crippen molar-refractivity contribution in [2.45, 2.75) is 39.7 Å². The third-order valence-electron chi connectivity index (χ3n) is 8.85. The van der Waals surface area contributed by atoms with E-state index in [1.165, 1.54) is 9.80 Å². The molecule has 2 saturated heterocycles. The molecule has 13 heteroatoms. The van der Waals surface area contributed by atoms with Gasteiger partial charge in [0.1, 0.15) is 6.54 Å². The first-order valence-corrected chi connectivity index (χ1v) is 16.7. The van der Waals surface area contributed by atoms with Gasteiger partial charge >= 0.3 is 0 Å². The number of nitrogens with one attached hydrogen (secondary N) is 3. The number of carboxylic acid groups (broad SMARTS) is 1. The van der Waals surface area contributed by atoms with Crippen LogP contribution in [-0.2, 0) is 16.1 Å². The molecule has 0 radical (unpaired) electrons. The molecule has 2 aliphatic heterocycles. The zero-order valence-corrected chi connectivity index (χ0v) is 27.9. The molecule has 0 spiro atoms. The number of likely N-dealkylation sites (tertiary alicyclic amines) is 1. The summed E-state index contributed by atoms with van der Waals surface area (Å²) in [6.45, 7) is 11.0. The number of pyridine rings is 1. The van der Waals surface area contributed by atoms with Gasteiger partial charge in [-0.15, -0.1) is 0 Å². The molecule has 0 aliphatic carbocycles. The van der Waals surface area contributed by atoms with E-state index >= 15 is 0 Å². The number of amides is 1. The van der Waals surface area contributed by atoms with Gasteiger partial charge in [0.05, 0.1) is 63.9 Å². The topological polar surface area (TPSA) is 129 Å². The maximum Gasteiger partial charge on any atom is 0.225 e. The Morgan fingerprint density at radius 2 is 1.70 bits per heavy atom. The Bertz CT molecular complexity index is 1470. The number of rotatable bonds is 12. The van der Waals surface area contributed by atoms with Gasteiger partial charge in [-0.1, -0.05) is 30.1 Å². The molecule has 5 rings (SSSR count). The second-order valence-corrected chi connectivity index (χ2v) is 13.4. The first-order valence-electron chi connectivity index (χ1n) is 16.0. The van der Waals surface area contributed by atoms with E-state index in [2.05, 4.69) is 26.3 Å². The minimum atomic E-state index is -0.988.